The van der Waals surface area contributed by atoms with E-state index < -0.39 is 32.7 Å². The summed E-state index contributed by atoms with van der Waals surface area (Å²) in [5.74, 6) is -3.02. The van der Waals surface area contributed by atoms with Gasteiger partial charge < -0.3 is 20.4 Å². The van der Waals surface area contributed by atoms with E-state index in [4.69, 9.17) is 9.39 Å². The second-order valence-electron chi connectivity index (χ2n) is 8.10. The molecule has 1 amide bonds. The van der Waals surface area contributed by atoms with Crippen LogP contribution in [0.5, 0.6) is 11.8 Å². The number of benzene rings is 1. The number of hydrogen-bond donors (Lipinski definition) is 4. The second kappa shape index (κ2) is 13.6. The Morgan fingerprint density at radius 3 is 2.47 bits per heavy atom. The number of carbonyl (C=O) groups is 2. The maximum atomic E-state index is 12.4. The van der Waals surface area contributed by atoms with E-state index in [1.807, 2.05) is 30.3 Å². The van der Waals surface area contributed by atoms with Gasteiger partial charge in [0.15, 0.2) is 4.90 Å². The minimum absolute atomic E-state index is 0.0809. The number of unbranched alkanes of at least 4 members (excludes halogenated alkanes) is 2. The van der Waals surface area contributed by atoms with E-state index >= 15 is 0 Å². The number of amides is 1. The van der Waals surface area contributed by atoms with Gasteiger partial charge in [0.1, 0.15) is 5.03 Å². The number of pyridine rings is 1. The number of rotatable bonds is 13. The molecule has 0 saturated heterocycles. The van der Waals surface area contributed by atoms with Crippen molar-refractivity contribution in [2.75, 3.05) is 6.54 Å². The van der Waals surface area contributed by atoms with E-state index in [2.05, 4.69) is 17.2 Å². The number of aromatic hydroxyl groups is 2. The molecule has 0 radical (unpaired) electrons. The van der Waals surface area contributed by atoms with Crippen molar-refractivity contribution in [3.05, 3.63) is 65.9 Å². The molecule has 4 N–H and O–H groups in total. The summed E-state index contributed by atoms with van der Waals surface area (Å²) in [7, 11) is -1.52. The number of carbonyl (C=O) groups excluding carboxylic acids is 2. The van der Waals surface area contributed by atoms with E-state index in [0.29, 0.717) is 37.4 Å². The maximum absolute atomic E-state index is 12.4. The van der Waals surface area contributed by atoms with Crippen molar-refractivity contribution in [3.63, 3.8) is 0 Å². The average Bonchev–Trinajstić information content (AvgIpc) is 3.18. The van der Waals surface area contributed by atoms with Gasteiger partial charge >= 0.3 is 5.97 Å². The molecule has 0 saturated carbocycles. The summed E-state index contributed by atoms with van der Waals surface area (Å²) < 4.78 is 31.4. The van der Waals surface area contributed by atoms with Crippen LogP contribution in [0.15, 0.2) is 64.6 Å². The van der Waals surface area contributed by atoms with Gasteiger partial charge in [-0.05, 0) is 60.4 Å². The van der Waals surface area contributed by atoms with Gasteiger partial charge in [-0.15, -0.1) is 4.73 Å². The Labute approximate surface area is 227 Å². The maximum Gasteiger partial charge on any atom is 0.333 e. The van der Waals surface area contributed by atoms with Crippen molar-refractivity contribution in [2.24, 2.45) is 0 Å². The van der Waals surface area contributed by atoms with Crippen molar-refractivity contribution in [1.29, 1.82) is 0 Å². The lowest BCUT2D eigenvalue weighted by atomic mass is 10.1. The molecular formula is C24H27N3O8S3. The summed E-state index contributed by atoms with van der Waals surface area (Å²) in [6.07, 6.45) is 3.25. The summed E-state index contributed by atoms with van der Waals surface area (Å²) in [6, 6.07) is 13.7. The molecule has 0 aliphatic rings. The van der Waals surface area contributed by atoms with Crippen LogP contribution >= 0.6 is 21.6 Å². The molecule has 1 aromatic carbocycles. The highest BCUT2D eigenvalue weighted by Crippen LogP contribution is 2.41. The van der Waals surface area contributed by atoms with E-state index in [-0.39, 0.29) is 22.3 Å². The summed E-state index contributed by atoms with van der Waals surface area (Å²) in [6.45, 7) is 2.49. The highest BCUT2D eigenvalue weighted by atomic mass is 33.1. The number of nitrogens with one attached hydrogen (secondary N) is 1. The minimum Gasteiger partial charge on any atom is -0.492 e. The van der Waals surface area contributed by atoms with Crippen LogP contribution in [0.3, 0.4) is 0 Å². The van der Waals surface area contributed by atoms with Crippen molar-refractivity contribution in [3.8, 4) is 11.8 Å². The van der Waals surface area contributed by atoms with Gasteiger partial charge in [-0.1, -0.05) is 35.4 Å². The highest BCUT2D eigenvalue weighted by Gasteiger charge is 2.25. The van der Waals surface area contributed by atoms with Crippen LogP contribution < -0.4 is 10.2 Å². The van der Waals surface area contributed by atoms with Gasteiger partial charge in [-0.2, -0.15) is 8.42 Å². The van der Waals surface area contributed by atoms with E-state index in [0.717, 1.165) is 10.6 Å². The zero-order chi connectivity index (χ0) is 27.7. The molecule has 38 heavy (non-hydrogen) atoms. The zero-order valence-electron chi connectivity index (χ0n) is 20.3. The summed E-state index contributed by atoms with van der Waals surface area (Å²) in [5, 5.41) is 23.3. The Balaban J connectivity index is 1.34. The van der Waals surface area contributed by atoms with Gasteiger partial charge in [0, 0.05) is 36.0 Å². The molecule has 11 nitrogen and oxygen atoms in total. The molecule has 0 bridgehead atoms. The molecule has 2 heterocycles. The van der Waals surface area contributed by atoms with Gasteiger partial charge in [0.05, 0.1) is 0 Å². The molecule has 0 spiro atoms. The predicted molar refractivity (Wildman–Crippen MR) is 143 cm³/mol. The van der Waals surface area contributed by atoms with Gasteiger partial charge in [-0.3, -0.25) is 9.35 Å². The van der Waals surface area contributed by atoms with Crippen molar-refractivity contribution >= 4 is 43.6 Å². The number of nitrogens with zero attached hydrogens (tertiary/aromatic N) is 2. The molecule has 1 atom stereocenters. The summed E-state index contributed by atoms with van der Waals surface area (Å²) >= 11 is 0. The second-order valence-corrected chi connectivity index (χ2v) is 12.1. The quantitative estimate of drug-likeness (QED) is 0.131. The minimum atomic E-state index is -4.80. The first-order valence-electron chi connectivity index (χ1n) is 11.5. The smallest absolute Gasteiger partial charge is 0.333 e. The van der Waals surface area contributed by atoms with Crippen molar-refractivity contribution in [2.45, 2.75) is 47.8 Å². The van der Waals surface area contributed by atoms with E-state index in [1.165, 1.54) is 0 Å². The van der Waals surface area contributed by atoms with Crippen LogP contribution in [-0.2, 0) is 14.9 Å². The fourth-order valence-electron chi connectivity index (χ4n) is 3.23. The lowest BCUT2D eigenvalue weighted by Gasteiger charge is -2.11. The lowest BCUT2D eigenvalue weighted by Crippen LogP contribution is -2.24. The monoisotopic (exact) mass is 581 g/mol. The van der Waals surface area contributed by atoms with Crippen molar-refractivity contribution in [1.82, 2.24) is 15.0 Å². The SMILES string of the molecule is CC(SSc1ccccn1)c1ccc(C(=O)NCCCCCC(=O)On2c(O)cc(S(=O)(=O)O)c2O)cc1. The molecule has 0 aliphatic heterocycles. The molecule has 0 aliphatic carbocycles. The fourth-order valence-corrected chi connectivity index (χ4v) is 5.91. The molecule has 14 heteroatoms. The third-order valence-electron chi connectivity index (χ3n) is 5.25. The zero-order valence-corrected chi connectivity index (χ0v) is 22.8. The lowest BCUT2D eigenvalue weighted by molar-refractivity contribution is -0.145. The Kier molecular flexibility index (Phi) is 10.5. The third-order valence-corrected chi connectivity index (χ3v) is 8.85. The molecule has 1 unspecified atom stereocenters. The summed E-state index contributed by atoms with van der Waals surface area (Å²) in [5.41, 5.74) is 1.64. The van der Waals surface area contributed by atoms with E-state index in [1.54, 1.807) is 39.9 Å². The van der Waals surface area contributed by atoms with Gasteiger partial charge in [-0.25, -0.2) is 9.78 Å². The first-order chi connectivity index (χ1) is 18.1. The summed E-state index contributed by atoms with van der Waals surface area (Å²) in [4.78, 5) is 32.4. The number of aromatic nitrogens is 2. The molecule has 0 fully saturated rings. The molecule has 204 valence electrons. The van der Waals surface area contributed by atoms with Crippen LogP contribution in [0.4, 0.5) is 0 Å². The van der Waals surface area contributed by atoms with Crippen LogP contribution in [-0.4, -0.2) is 51.3 Å². The molecule has 2 aromatic heterocycles. The average molecular weight is 582 g/mol. The Bertz CT molecular complexity index is 1350. The third kappa shape index (κ3) is 8.41. The Morgan fingerprint density at radius 1 is 1.11 bits per heavy atom. The Hall–Kier alpha value is -3.20. The largest absolute Gasteiger partial charge is 0.492 e. The van der Waals surface area contributed by atoms with E-state index in [9.17, 15) is 28.2 Å². The van der Waals surface area contributed by atoms with Crippen LogP contribution in [0, 0.1) is 0 Å². The van der Waals surface area contributed by atoms with Gasteiger partial charge in [0.25, 0.3) is 21.9 Å². The number of hydrogen-bond acceptors (Lipinski definition) is 10. The van der Waals surface area contributed by atoms with Crippen LogP contribution in [0.2, 0.25) is 0 Å². The molecular weight excluding hydrogens is 554 g/mol. The topological polar surface area (TPSA) is 168 Å². The normalized spacial score (nSPS) is 12.2. The first-order valence-corrected chi connectivity index (χ1v) is 15.2. The standard InChI is InChI=1S/C24H27N3O8S3/c1-16(36-37-20-7-4-6-13-25-20)17-9-11-18(12-10-17)23(30)26-14-5-2-3-8-22(29)35-27-21(28)15-19(24(27)31)38(32,33)34/h4,6-7,9-13,15-16,28,31H,2-3,5,8,14H2,1H3,(H,26,30)(H,32,33,34). The highest BCUT2D eigenvalue weighted by molar-refractivity contribution is 8.76. The predicted octanol–water partition coefficient (Wildman–Crippen LogP) is 3.99. The Morgan fingerprint density at radius 2 is 1.84 bits per heavy atom. The molecule has 3 rings (SSSR count). The van der Waals surface area contributed by atoms with Gasteiger partial charge in [0.2, 0.25) is 5.88 Å². The van der Waals surface area contributed by atoms with Crippen LogP contribution in [0.1, 0.15) is 53.8 Å². The van der Waals surface area contributed by atoms with Crippen molar-refractivity contribution < 1.29 is 37.6 Å². The molecule has 3 aromatic rings. The van der Waals surface area contributed by atoms with Crippen LogP contribution in [0.25, 0.3) is 0 Å². The first kappa shape index (κ1) is 29.4. The fraction of sp³-hybridized carbons (Fsp3) is 0.292.